The first kappa shape index (κ1) is 12.0. The summed E-state index contributed by atoms with van der Waals surface area (Å²) < 4.78 is 10.2. The molecule has 0 aromatic carbocycles. The van der Waals surface area contributed by atoms with Crippen LogP contribution >= 0.6 is 0 Å². The largest absolute Gasteiger partial charge is 0.423 e. The van der Waals surface area contributed by atoms with Gasteiger partial charge in [0.15, 0.2) is 0 Å². The molecule has 15 heavy (non-hydrogen) atoms. The lowest BCUT2D eigenvalue weighted by Crippen LogP contribution is -2.35. The number of carbonyl (C=O) groups is 2. The molecule has 1 aliphatic rings. The summed E-state index contributed by atoms with van der Waals surface area (Å²) in [6.45, 7) is 6.92. The number of hydrogen-bond acceptors (Lipinski definition) is 4. The van der Waals surface area contributed by atoms with Crippen molar-refractivity contribution in [3.05, 3.63) is 0 Å². The molecule has 1 fully saturated rings. The van der Waals surface area contributed by atoms with Crippen molar-refractivity contribution in [2.24, 2.45) is 5.41 Å². The minimum atomic E-state index is -1.14. The first-order valence-corrected chi connectivity index (χ1v) is 5.30. The van der Waals surface area contributed by atoms with E-state index in [-0.39, 0.29) is 18.4 Å². The van der Waals surface area contributed by atoms with Crippen LogP contribution in [0.2, 0.25) is 0 Å². The summed E-state index contributed by atoms with van der Waals surface area (Å²) in [5, 5.41) is 0. The van der Waals surface area contributed by atoms with Crippen LogP contribution in [0.1, 0.15) is 47.0 Å². The fraction of sp³-hybridized carbons (Fsp3) is 0.818. The number of esters is 2. The highest BCUT2D eigenvalue weighted by atomic mass is 16.7. The summed E-state index contributed by atoms with van der Waals surface area (Å²) in [6.07, 6.45) is 1.29. The Kier molecular flexibility index (Phi) is 3.07. The fourth-order valence-corrected chi connectivity index (χ4v) is 1.80. The van der Waals surface area contributed by atoms with Gasteiger partial charge in [-0.3, -0.25) is 9.59 Å². The second-order valence-corrected chi connectivity index (χ2v) is 4.43. The summed E-state index contributed by atoms with van der Waals surface area (Å²) >= 11 is 0. The molecule has 0 bridgehead atoms. The van der Waals surface area contributed by atoms with Gasteiger partial charge in [0, 0.05) is 13.8 Å². The summed E-state index contributed by atoms with van der Waals surface area (Å²) in [7, 11) is 0. The summed E-state index contributed by atoms with van der Waals surface area (Å²) in [5.74, 6) is -1.84. The van der Waals surface area contributed by atoms with Gasteiger partial charge in [0.1, 0.15) is 0 Å². The Balaban J connectivity index is 3.02. The van der Waals surface area contributed by atoms with E-state index < -0.39 is 11.2 Å². The van der Waals surface area contributed by atoms with E-state index in [9.17, 15) is 9.59 Å². The predicted molar refractivity (Wildman–Crippen MR) is 53.9 cm³/mol. The average Bonchev–Trinajstić information content (AvgIpc) is 2.19. The van der Waals surface area contributed by atoms with Crippen molar-refractivity contribution in [3.63, 3.8) is 0 Å². The van der Waals surface area contributed by atoms with Crippen LogP contribution in [0.5, 0.6) is 0 Å². The molecule has 4 heteroatoms. The first-order valence-electron chi connectivity index (χ1n) is 5.30. The van der Waals surface area contributed by atoms with E-state index in [0.29, 0.717) is 12.8 Å². The maximum absolute atomic E-state index is 11.9. The van der Waals surface area contributed by atoms with Crippen molar-refractivity contribution in [3.8, 4) is 0 Å². The monoisotopic (exact) mass is 214 g/mol. The number of hydrogen-bond donors (Lipinski definition) is 0. The highest BCUT2D eigenvalue weighted by molar-refractivity contribution is 5.85. The standard InChI is InChI=1S/C11H18O4/c1-5-11(6-2)7-8(12)14-10(3,4)15-9(11)13/h5-7H2,1-4H3. The van der Waals surface area contributed by atoms with Gasteiger partial charge in [-0.15, -0.1) is 0 Å². The van der Waals surface area contributed by atoms with Crippen LogP contribution in [0.3, 0.4) is 0 Å². The van der Waals surface area contributed by atoms with E-state index in [1.54, 1.807) is 13.8 Å². The van der Waals surface area contributed by atoms with Crippen molar-refractivity contribution in [2.75, 3.05) is 0 Å². The summed E-state index contributed by atoms with van der Waals surface area (Å²) in [6, 6.07) is 0. The van der Waals surface area contributed by atoms with E-state index in [1.165, 1.54) is 0 Å². The van der Waals surface area contributed by atoms with Gasteiger partial charge in [0.2, 0.25) is 0 Å². The first-order chi connectivity index (χ1) is 6.85. The van der Waals surface area contributed by atoms with E-state index >= 15 is 0 Å². The summed E-state index contributed by atoms with van der Waals surface area (Å²) in [5.41, 5.74) is -0.704. The molecule has 0 unspecified atom stereocenters. The van der Waals surface area contributed by atoms with Crippen molar-refractivity contribution in [1.29, 1.82) is 0 Å². The number of cyclic esters (lactones) is 2. The molecule has 0 aromatic rings. The smallest absolute Gasteiger partial charge is 0.315 e. The van der Waals surface area contributed by atoms with Gasteiger partial charge in [-0.2, -0.15) is 0 Å². The molecule has 86 valence electrons. The minimum absolute atomic E-state index is 0.113. The lowest BCUT2D eigenvalue weighted by atomic mass is 9.79. The second-order valence-electron chi connectivity index (χ2n) is 4.43. The third kappa shape index (κ3) is 2.30. The van der Waals surface area contributed by atoms with Gasteiger partial charge in [0.25, 0.3) is 5.79 Å². The molecular formula is C11H18O4. The average molecular weight is 214 g/mol. The van der Waals surface area contributed by atoms with Gasteiger partial charge in [-0.25, -0.2) is 0 Å². The van der Waals surface area contributed by atoms with Gasteiger partial charge in [0.05, 0.1) is 11.8 Å². The van der Waals surface area contributed by atoms with E-state index in [2.05, 4.69) is 0 Å². The van der Waals surface area contributed by atoms with Crippen molar-refractivity contribution in [2.45, 2.75) is 52.7 Å². The normalized spacial score (nSPS) is 24.0. The van der Waals surface area contributed by atoms with Crippen LogP contribution in [0, 0.1) is 5.41 Å². The number of ether oxygens (including phenoxy) is 2. The zero-order valence-corrected chi connectivity index (χ0v) is 9.75. The molecule has 0 spiro atoms. The molecule has 1 aliphatic heterocycles. The Morgan fingerprint density at radius 3 is 2.13 bits per heavy atom. The molecule has 0 saturated carbocycles. The van der Waals surface area contributed by atoms with Gasteiger partial charge in [-0.05, 0) is 12.8 Å². The quantitative estimate of drug-likeness (QED) is 0.660. The Morgan fingerprint density at radius 2 is 1.67 bits per heavy atom. The molecule has 0 N–H and O–H groups in total. The Labute approximate surface area is 89.9 Å². The molecular weight excluding hydrogens is 196 g/mol. The topological polar surface area (TPSA) is 52.6 Å². The highest BCUT2D eigenvalue weighted by Gasteiger charge is 2.46. The molecule has 1 rings (SSSR count). The van der Waals surface area contributed by atoms with Crippen LogP contribution in [-0.2, 0) is 19.1 Å². The highest BCUT2D eigenvalue weighted by Crippen LogP contribution is 2.37. The number of carbonyl (C=O) groups excluding carboxylic acids is 2. The second kappa shape index (κ2) is 3.83. The zero-order chi connectivity index (χ0) is 11.7. The van der Waals surface area contributed by atoms with Crippen molar-refractivity contribution >= 4 is 11.9 Å². The third-order valence-electron chi connectivity index (χ3n) is 2.97. The van der Waals surface area contributed by atoms with Crippen molar-refractivity contribution < 1.29 is 19.1 Å². The maximum Gasteiger partial charge on any atom is 0.315 e. The van der Waals surface area contributed by atoms with Gasteiger partial charge < -0.3 is 9.47 Å². The van der Waals surface area contributed by atoms with Gasteiger partial charge in [-0.1, -0.05) is 13.8 Å². The molecule has 0 aliphatic carbocycles. The minimum Gasteiger partial charge on any atom is -0.423 e. The van der Waals surface area contributed by atoms with Crippen LogP contribution < -0.4 is 0 Å². The molecule has 0 radical (unpaired) electrons. The zero-order valence-electron chi connectivity index (χ0n) is 9.75. The molecule has 1 saturated heterocycles. The number of rotatable bonds is 2. The van der Waals surface area contributed by atoms with Crippen LogP contribution in [0.25, 0.3) is 0 Å². The van der Waals surface area contributed by atoms with Crippen LogP contribution in [0.4, 0.5) is 0 Å². The Bertz CT molecular complexity index is 276. The molecule has 1 heterocycles. The molecule has 0 amide bonds. The molecule has 0 atom stereocenters. The van der Waals surface area contributed by atoms with E-state index in [4.69, 9.17) is 9.47 Å². The lowest BCUT2D eigenvalue weighted by Gasteiger charge is -2.27. The van der Waals surface area contributed by atoms with Crippen LogP contribution in [0.15, 0.2) is 0 Å². The SMILES string of the molecule is CCC1(CC)CC(=O)OC(C)(C)OC1=O. The predicted octanol–water partition coefficient (Wildman–Crippen LogP) is 2.02. The van der Waals surface area contributed by atoms with E-state index in [1.807, 2.05) is 13.8 Å². The molecule has 0 aromatic heterocycles. The fourth-order valence-electron chi connectivity index (χ4n) is 1.80. The maximum atomic E-state index is 11.9. The lowest BCUT2D eigenvalue weighted by molar-refractivity contribution is -0.211. The third-order valence-corrected chi connectivity index (χ3v) is 2.97. The van der Waals surface area contributed by atoms with Crippen molar-refractivity contribution in [1.82, 2.24) is 0 Å². The summed E-state index contributed by atoms with van der Waals surface area (Å²) in [4.78, 5) is 23.4. The van der Waals surface area contributed by atoms with Gasteiger partial charge >= 0.3 is 11.9 Å². The van der Waals surface area contributed by atoms with Crippen LogP contribution in [-0.4, -0.2) is 17.7 Å². The Hall–Kier alpha value is -1.06. The molecule has 4 nitrogen and oxygen atoms in total. The van der Waals surface area contributed by atoms with E-state index in [0.717, 1.165) is 0 Å². The Morgan fingerprint density at radius 1 is 1.13 bits per heavy atom.